The van der Waals surface area contributed by atoms with Gasteiger partial charge >= 0.3 is 5.97 Å². The number of alkyl halides is 1. The maximum atomic E-state index is 11.4. The zero-order valence-corrected chi connectivity index (χ0v) is 10.1. The van der Waals surface area contributed by atoms with E-state index in [0.29, 0.717) is 24.5 Å². The van der Waals surface area contributed by atoms with E-state index in [-0.39, 0.29) is 5.97 Å². The maximum Gasteiger partial charge on any atom is 0.333 e. The topological polar surface area (TPSA) is 26.3 Å². The third-order valence-electron chi connectivity index (χ3n) is 2.23. The fourth-order valence-electron chi connectivity index (χ4n) is 1.40. The Hall–Kier alpha value is -1.28. The van der Waals surface area contributed by atoms with Crippen molar-refractivity contribution in [2.75, 3.05) is 6.61 Å². The lowest BCUT2D eigenvalue weighted by Gasteiger charge is -2.08. The average Bonchev–Trinajstić information content (AvgIpc) is 2.30. The molecule has 0 radical (unpaired) electrons. The highest BCUT2D eigenvalue weighted by atomic mass is 35.5. The SMILES string of the molecule is C=C(Cc1ccccc1CCl)C(=O)OCC. The van der Waals surface area contributed by atoms with Crippen molar-refractivity contribution in [2.45, 2.75) is 19.2 Å². The van der Waals surface area contributed by atoms with Gasteiger partial charge < -0.3 is 4.74 Å². The summed E-state index contributed by atoms with van der Waals surface area (Å²) in [6.45, 7) is 5.87. The first-order valence-corrected chi connectivity index (χ1v) is 5.70. The number of carbonyl (C=O) groups excluding carboxylic acids is 1. The number of carbonyl (C=O) groups is 1. The molecule has 3 heteroatoms. The van der Waals surface area contributed by atoms with Crippen LogP contribution in [-0.2, 0) is 21.8 Å². The molecule has 0 unspecified atom stereocenters. The number of hydrogen-bond donors (Lipinski definition) is 0. The molecule has 0 spiro atoms. The van der Waals surface area contributed by atoms with Crippen LogP contribution >= 0.6 is 11.6 Å². The van der Waals surface area contributed by atoms with Crippen LogP contribution in [0.5, 0.6) is 0 Å². The minimum atomic E-state index is -0.341. The van der Waals surface area contributed by atoms with Crippen molar-refractivity contribution in [3.8, 4) is 0 Å². The lowest BCUT2D eigenvalue weighted by molar-refractivity contribution is -0.138. The summed E-state index contributed by atoms with van der Waals surface area (Å²) >= 11 is 5.81. The Labute approximate surface area is 101 Å². The standard InChI is InChI=1S/C13H15ClO2/c1-3-16-13(15)10(2)8-11-6-4-5-7-12(11)9-14/h4-7H,2-3,8-9H2,1H3. The average molecular weight is 239 g/mol. The molecule has 0 fully saturated rings. The van der Waals surface area contributed by atoms with Crippen LogP contribution in [0.4, 0.5) is 0 Å². The van der Waals surface area contributed by atoms with E-state index in [4.69, 9.17) is 16.3 Å². The molecule has 0 aliphatic carbocycles. The fraction of sp³-hybridized carbons (Fsp3) is 0.308. The van der Waals surface area contributed by atoms with Crippen molar-refractivity contribution in [3.05, 3.63) is 47.5 Å². The molecule has 2 nitrogen and oxygen atoms in total. The zero-order chi connectivity index (χ0) is 12.0. The normalized spacial score (nSPS) is 9.88. The molecule has 1 rings (SSSR count). The van der Waals surface area contributed by atoms with Gasteiger partial charge in [0.05, 0.1) is 6.61 Å². The van der Waals surface area contributed by atoms with E-state index in [0.717, 1.165) is 11.1 Å². The Bertz CT molecular complexity index is 385. The second kappa shape index (κ2) is 6.33. The first-order chi connectivity index (χ1) is 7.69. The first-order valence-electron chi connectivity index (χ1n) is 5.16. The highest BCUT2D eigenvalue weighted by molar-refractivity contribution is 6.17. The Morgan fingerprint density at radius 1 is 1.38 bits per heavy atom. The second-order valence-electron chi connectivity index (χ2n) is 3.40. The molecule has 0 atom stereocenters. The summed E-state index contributed by atoms with van der Waals surface area (Å²) in [4.78, 5) is 11.4. The molecule has 0 aliphatic heterocycles. The van der Waals surface area contributed by atoms with Gasteiger partial charge in [0.25, 0.3) is 0 Å². The molecule has 0 aliphatic rings. The van der Waals surface area contributed by atoms with E-state index in [9.17, 15) is 4.79 Å². The summed E-state index contributed by atoms with van der Waals surface area (Å²) in [6.07, 6.45) is 0.488. The molecule has 0 saturated carbocycles. The number of hydrogen-bond acceptors (Lipinski definition) is 2. The van der Waals surface area contributed by atoms with Crippen LogP contribution in [0.1, 0.15) is 18.1 Å². The zero-order valence-electron chi connectivity index (χ0n) is 9.33. The van der Waals surface area contributed by atoms with Crippen LogP contribution in [-0.4, -0.2) is 12.6 Å². The maximum absolute atomic E-state index is 11.4. The van der Waals surface area contributed by atoms with Crippen molar-refractivity contribution in [3.63, 3.8) is 0 Å². The second-order valence-corrected chi connectivity index (χ2v) is 3.67. The van der Waals surface area contributed by atoms with Gasteiger partial charge in [0.15, 0.2) is 0 Å². The number of rotatable bonds is 5. The summed E-state index contributed by atoms with van der Waals surface area (Å²) in [5.74, 6) is 0.0959. The van der Waals surface area contributed by atoms with Crippen LogP contribution in [0.2, 0.25) is 0 Å². The largest absolute Gasteiger partial charge is 0.463 e. The molecule has 16 heavy (non-hydrogen) atoms. The van der Waals surface area contributed by atoms with E-state index in [1.807, 2.05) is 24.3 Å². The lowest BCUT2D eigenvalue weighted by atomic mass is 10.0. The van der Waals surface area contributed by atoms with Crippen LogP contribution < -0.4 is 0 Å². The van der Waals surface area contributed by atoms with Gasteiger partial charge in [-0.25, -0.2) is 4.79 Å². The number of esters is 1. The summed E-state index contributed by atoms with van der Waals surface area (Å²) in [5, 5.41) is 0. The summed E-state index contributed by atoms with van der Waals surface area (Å²) < 4.78 is 4.88. The van der Waals surface area contributed by atoms with Crippen LogP contribution in [0.25, 0.3) is 0 Å². The molecule has 86 valence electrons. The predicted molar refractivity (Wildman–Crippen MR) is 65.5 cm³/mol. The third kappa shape index (κ3) is 3.38. The molecule has 0 aromatic heterocycles. The molecular weight excluding hydrogens is 224 g/mol. The van der Waals surface area contributed by atoms with Crippen molar-refractivity contribution < 1.29 is 9.53 Å². The quantitative estimate of drug-likeness (QED) is 0.448. The molecular formula is C13H15ClO2. The summed E-state index contributed by atoms with van der Waals surface area (Å²) in [7, 11) is 0. The molecule has 0 N–H and O–H groups in total. The Kier molecular flexibility index (Phi) is 5.06. The Morgan fingerprint density at radius 2 is 2.00 bits per heavy atom. The minimum absolute atomic E-state index is 0.341. The van der Waals surface area contributed by atoms with Gasteiger partial charge in [-0.3, -0.25) is 0 Å². The third-order valence-corrected chi connectivity index (χ3v) is 2.52. The molecule has 0 saturated heterocycles. The van der Waals surface area contributed by atoms with Gasteiger partial charge in [-0.1, -0.05) is 30.8 Å². The monoisotopic (exact) mass is 238 g/mol. The van der Waals surface area contributed by atoms with Crippen molar-refractivity contribution in [1.29, 1.82) is 0 Å². The van der Waals surface area contributed by atoms with E-state index in [2.05, 4.69) is 6.58 Å². The van der Waals surface area contributed by atoms with Crippen molar-refractivity contribution in [1.82, 2.24) is 0 Å². The number of benzene rings is 1. The summed E-state index contributed by atoms with van der Waals surface area (Å²) in [5.41, 5.74) is 2.50. The molecule has 0 amide bonds. The fourth-order valence-corrected chi connectivity index (χ4v) is 1.66. The van der Waals surface area contributed by atoms with Crippen LogP contribution in [0.15, 0.2) is 36.4 Å². The smallest absolute Gasteiger partial charge is 0.333 e. The highest BCUT2D eigenvalue weighted by Crippen LogP contribution is 2.15. The molecule has 0 bridgehead atoms. The van der Waals surface area contributed by atoms with Crippen molar-refractivity contribution >= 4 is 17.6 Å². The van der Waals surface area contributed by atoms with E-state index >= 15 is 0 Å². The van der Waals surface area contributed by atoms with Crippen LogP contribution in [0.3, 0.4) is 0 Å². The van der Waals surface area contributed by atoms with E-state index in [1.165, 1.54) is 0 Å². The van der Waals surface area contributed by atoms with Gasteiger partial charge in [-0.05, 0) is 18.1 Å². The van der Waals surface area contributed by atoms with Gasteiger partial charge in [0.2, 0.25) is 0 Å². The van der Waals surface area contributed by atoms with Gasteiger partial charge in [0, 0.05) is 17.9 Å². The van der Waals surface area contributed by atoms with E-state index in [1.54, 1.807) is 6.92 Å². The lowest BCUT2D eigenvalue weighted by Crippen LogP contribution is -2.09. The number of ether oxygens (including phenoxy) is 1. The highest BCUT2D eigenvalue weighted by Gasteiger charge is 2.10. The molecule has 0 heterocycles. The molecule has 1 aromatic carbocycles. The number of halogens is 1. The van der Waals surface area contributed by atoms with Gasteiger partial charge in [0.1, 0.15) is 0 Å². The van der Waals surface area contributed by atoms with Crippen LogP contribution in [0, 0.1) is 0 Å². The molecule has 1 aromatic rings. The van der Waals surface area contributed by atoms with Gasteiger partial charge in [-0.15, -0.1) is 11.6 Å². The first kappa shape index (κ1) is 12.8. The summed E-state index contributed by atoms with van der Waals surface area (Å²) in [6, 6.07) is 7.74. The predicted octanol–water partition coefficient (Wildman–Crippen LogP) is 3.09. The van der Waals surface area contributed by atoms with Gasteiger partial charge in [-0.2, -0.15) is 0 Å². The minimum Gasteiger partial charge on any atom is -0.463 e. The van der Waals surface area contributed by atoms with E-state index < -0.39 is 0 Å². The van der Waals surface area contributed by atoms with Crippen molar-refractivity contribution in [2.24, 2.45) is 0 Å². The Morgan fingerprint density at radius 3 is 2.56 bits per heavy atom. The Balaban J connectivity index is 2.73.